The maximum atomic E-state index is 11.9. The highest BCUT2D eigenvalue weighted by atomic mass is 16.6. The summed E-state index contributed by atoms with van der Waals surface area (Å²) in [5.74, 6) is 0. The van der Waals surface area contributed by atoms with Crippen LogP contribution in [0.15, 0.2) is 42.7 Å². The number of carbonyl (C=O) groups excluding carboxylic acids is 2. The molecule has 0 atom stereocenters. The number of aromatic nitrogens is 2. The Hall–Kier alpha value is -3.03. The van der Waals surface area contributed by atoms with Crippen LogP contribution in [0.1, 0.15) is 12.0 Å². The zero-order valence-electron chi connectivity index (χ0n) is 13.9. The van der Waals surface area contributed by atoms with E-state index in [2.05, 4.69) is 15.7 Å². The summed E-state index contributed by atoms with van der Waals surface area (Å²) in [5.41, 5.74) is 1.70. The van der Waals surface area contributed by atoms with Crippen molar-refractivity contribution in [3.8, 4) is 0 Å². The summed E-state index contributed by atoms with van der Waals surface area (Å²) in [6, 6.07) is 9.05. The topological polar surface area (TPSA) is 88.5 Å². The fourth-order valence-corrected chi connectivity index (χ4v) is 2.53. The molecule has 8 nitrogen and oxygen atoms in total. The lowest BCUT2D eigenvalue weighted by Gasteiger charge is -2.13. The van der Waals surface area contributed by atoms with Crippen LogP contribution in [0.5, 0.6) is 0 Å². The molecule has 1 aliphatic heterocycles. The average Bonchev–Trinajstić information content (AvgIpc) is 3.26. The third kappa shape index (κ3) is 4.97. The molecule has 0 spiro atoms. The summed E-state index contributed by atoms with van der Waals surface area (Å²) in [7, 11) is 0. The van der Waals surface area contributed by atoms with Crippen LogP contribution in [0.2, 0.25) is 0 Å². The Balaban J connectivity index is 1.38. The molecule has 1 aromatic carbocycles. The van der Waals surface area contributed by atoms with E-state index in [1.807, 2.05) is 41.2 Å². The van der Waals surface area contributed by atoms with E-state index in [1.54, 1.807) is 11.1 Å². The molecule has 0 bridgehead atoms. The quantitative estimate of drug-likeness (QED) is 0.753. The van der Waals surface area contributed by atoms with Gasteiger partial charge in [-0.3, -0.25) is 4.68 Å². The molecule has 8 heteroatoms. The van der Waals surface area contributed by atoms with E-state index in [1.165, 1.54) is 0 Å². The van der Waals surface area contributed by atoms with Gasteiger partial charge in [-0.25, -0.2) is 9.59 Å². The van der Waals surface area contributed by atoms with Crippen LogP contribution >= 0.6 is 0 Å². The molecule has 2 aromatic rings. The molecule has 0 saturated carbocycles. The molecule has 0 radical (unpaired) electrons. The number of hydrogen-bond donors (Lipinski definition) is 2. The molecular weight excluding hydrogens is 322 g/mol. The molecular formula is C17H21N5O3. The van der Waals surface area contributed by atoms with Crippen molar-refractivity contribution in [3.63, 3.8) is 0 Å². The lowest BCUT2D eigenvalue weighted by atomic mass is 10.2. The standard InChI is InChI=1S/C17H21N5O3/c23-16(18-7-1-9-22-10-2-8-19-22)20-15-5-3-14(4-6-15)13-21-11-12-25-17(21)24/h2-6,8,10H,1,7,9,11-13H2,(H2,18,20,23). The van der Waals surface area contributed by atoms with Gasteiger partial charge < -0.3 is 20.3 Å². The maximum Gasteiger partial charge on any atom is 0.410 e. The normalized spacial score (nSPS) is 13.6. The summed E-state index contributed by atoms with van der Waals surface area (Å²) in [4.78, 5) is 24.9. The fourth-order valence-electron chi connectivity index (χ4n) is 2.53. The molecule has 1 saturated heterocycles. The highest BCUT2D eigenvalue weighted by Gasteiger charge is 2.21. The van der Waals surface area contributed by atoms with E-state index in [0.29, 0.717) is 31.9 Å². The number of rotatable bonds is 7. The molecule has 0 unspecified atom stereocenters. The summed E-state index contributed by atoms with van der Waals surface area (Å²) < 4.78 is 6.73. The number of amides is 3. The molecule has 0 aliphatic carbocycles. The fraction of sp³-hybridized carbons (Fsp3) is 0.353. The van der Waals surface area contributed by atoms with Gasteiger partial charge in [0.15, 0.2) is 0 Å². The lowest BCUT2D eigenvalue weighted by molar-refractivity contribution is 0.157. The average molecular weight is 343 g/mol. The van der Waals surface area contributed by atoms with Crippen molar-refractivity contribution in [2.24, 2.45) is 0 Å². The first-order valence-corrected chi connectivity index (χ1v) is 8.23. The Morgan fingerprint density at radius 2 is 2.12 bits per heavy atom. The van der Waals surface area contributed by atoms with Crippen molar-refractivity contribution in [2.75, 3.05) is 25.0 Å². The second-order valence-corrected chi connectivity index (χ2v) is 5.74. The molecule has 3 amide bonds. The molecule has 1 aliphatic rings. The Morgan fingerprint density at radius 3 is 2.80 bits per heavy atom. The molecule has 1 fully saturated rings. The summed E-state index contributed by atoms with van der Waals surface area (Å²) in [6.45, 7) is 2.90. The van der Waals surface area contributed by atoms with E-state index in [4.69, 9.17) is 4.74 Å². The van der Waals surface area contributed by atoms with Crippen LogP contribution in [0.4, 0.5) is 15.3 Å². The van der Waals surface area contributed by atoms with E-state index >= 15 is 0 Å². The van der Waals surface area contributed by atoms with Gasteiger partial charge in [0.25, 0.3) is 0 Å². The van der Waals surface area contributed by atoms with Gasteiger partial charge in [0.05, 0.1) is 6.54 Å². The van der Waals surface area contributed by atoms with Crippen LogP contribution in [0, 0.1) is 0 Å². The van der Waals surface area contributed by atoms with Gasteiger partial charge in [0, 0.05) is 37.7 Å². The Kier molecular flexibility index (Phi) is 5.50. The number of carbonyl (C=O) groups is 2. The van der Waals surface area contributed by atoms with Gasteiger partial charge in [-0.15, -0.1) is 0 Å². The third-order valence-corrected chi connectivity index (χ3v) is 3.84. The zero-order valence-corrected chi connectivity index (χ0v) is 13.9. The van der Waals surface area contributed by atoms with E-state index in [-0.39, 0.29) is 12.1 Å². The van der Waals surface area contributed by atoms with Crippen molar-refractivity contribution in [2.45, 2.75) is 19.5 Å². The SMILES string of the molecule is O=C(NCCCn1cccn1)Nc1ccc(CN2CCOC2=O)cc1. The van der Waals surface area contributed by atoms with Crippen molar-refractivity contribution in [1.29, 1.82) is 0 Å². The monoisotopic (exact) mass is 343 g/mol. The Labute approximate surface area is 145 Å². The van der Waals surface area contributed by atoms with Crippen LogP contribution in [-0.2, 0) is 17.8 Å². The van der Waals surface area contributed by atoms with Crippen molar-refractivity contribution in [1.82, 2.24) is 20.0 Å². The van der Waals surface area contributed by atoms with Crippen LogP contribution < -0.4 is 10.6 Å². The summed E-state index contributed by atoms with van der Waals surface area (Å²) in [6.07, 6.45) is 4.15. The van der Waals surface area contributed by atoms with E-state index < -0.39 is 0 Å². The van der Waals surface area contributed by atoms with Crippen LogP contribution in [0.3, 0.4) is 0 Å². The number of aryl methyl sites for hydroxylation is 1. The Morgan fingerprint density at radius 1 is 1.28 bits per heavy atom. The maximum absolute atomic E-state index is 11.9. The molecule has 1 aromatic heterocycles. The van der Waals surface area contributed by atoms with Gasteiger partial charge in [0.1, 0.15) is 6.61 Å². The number of anilines is 1. The van der Waals surface area contributed by atoms with Gasteiger partial charge >= 0.3 is 12.1 Å². The van der Waals surface area contributed by atoms with E-state index in [9.17, 15) is 9.59 Å². The highest BCUT2D eigenvalue weighted by molar-refractivity contribution is 5.89. The second-order valence-electron chi connectivity index (χ2n) is 5.74. The number of hydrogen-bond acceptors (Lipinski definition) is 4. The summed E-state index contributed by atoms with van der Waals surface area (Å²) in [5, 5.41) is 9.71. The largest absolute Gasteiger partial charge is 0.448 e. The molecule has 132 valence electrons. The smallest absolute Gasteiger partial charge is 0.410 e. The zero-order chi connectivity index (χ0) is 17.5. The number of ether oxygens (including phenoxy) is 1. The highest BCUT2D eigenvalue weighted by Crippen LogP contribution is 2.14. The first-order chi connectivity index (χ1) is 12.2. The third-order valence-electron chi connectivity index (χ3n) is 3.84. The van der Waals surface area contributed by atoms with Gasteiger partial charge in [-0.05, 0) is 30.2 Å². The van der Waals surface area contributed by atoms with Crippen molar-refractivity contribution >= 4 is 17.8 Å². The van der Waals surface area contributed by atoms with Crippen molar-refractivity contribution in [3.05, 3.63) is 48.3 Å². The number of nitrogens with one attached hydrogen (secondary N) is 2. The number of benzene rings is 1. The first kappa shape index (κ1) is 16.8. The minimum atomic E-state index is -0.281. The van der Waals surface area contributed by atoms with Crippen LogP contribution in [-0.4, -0.2) is 46.5 Å². The predicted octanol–water partition coefficient (Wildman–Crippen LogP) is 2.05. The number of nitrogens with zero attached hydrogens (tertiary/aromatic N) is 3. The summed E-state index contributed by atoms with van der Waals surface area (Å²) >= 11 is 0. The molecule has 2 N–H and O–H groups in total. The van der Waals surface area contributed by atoms with Gasteiger partial charge in [-0.1, -0.05) is 12.1 Å². The van der Waals surface area contributed by atoms with Crippen molar-refractivity contribution < 1.29 is 14.3 Å². The Bertz CT molecular complexity index is 700. The lowest BCUT2D eigenvalue weighted by Crippen LogP contribution is -2.30. The first-order valence-electron chi connectivity index (χ1n) is 8.23. The minimum absolute atomic E-state index is 0.240. The molecule has 3 rings (SSSR count). The number of urea groups is 1. The number of cyclic esters (lactones) is 1. The van der Waals surface area contributed by atoms with Gasteiger partial charge in [-0.2, -0.15) is 5.10 Å². The molecule has 25 heavy (non-hydrogen) atoms. The predicted molar refractivity (Wildman–Crippen MR) is 92.1 cm³/mol. The second kappa shape index (κ2) is 8.18. The minimum Gasteiger partial charge on any atom is -0.448 e. The van der Waals surface area contributed by atoms with Gasteiger partial charge in [0.2, 0.25) is 0 Å². The van der Waals surface area contributed by atoms with E-state index in [0.717, 1.165) is 18.5 Å². The van der Waals surface area contributed by atoms with Crippen LogP contribution in [0.25, 0.3) is 0 Å². The molecule has 2 heterocycles.